The molecule has 17 heavy (non-hydrogen) atoms. The lowest BCUT2D eigenvalue weighted by atomic mass is 9.96. The Bertz CT molecular complexity index is 371. The summed E-state index contributed by atoms with van der Waals surface area (Å²) in [6.45, 7) is 5.47. The highest BCUT2D eigenvalue weighted by Crippen LogP contribution is 2.18. The molecule has 1 rings (SSSR count). The van der Waals surface area contributed by atoms with E-state index in [0.717, 1.165) is 5.56 Å². The number of nitrogens with one attached hydrogen (secondary N) is 1. The molecular weight excluding hydrogens is 214 g/mol. The first-order valence-corrected chi connectivity index (χ1v) is 5.72. The van der Waals surface area contributed by atoms with E-state index in [-0.39, 0.29) is 12.5 Å². The van der Waals surface area contributed by atoms with Crippen LogP contribution in [0, 0.1) is 0 Å². The number of carbonyl (C=O) groups is 1. The number of hydrogen-bond donors (Lipinski definition) is 2. The monoisotopic (exact) mass is 233 g/mol. The van der Waals surface area contributed by atoms with Crippen molar-refractivity contribution in [2.75, 3.05) is 6.54 Å². The molecule has 0 heterocycles. The minimum absolute atomic E-state index is 0.0684. The van der Waals surface area contributed by atoms with Crippen LogP contribution in [0.3, 0.4) is 0 Å². The maximum absolute atomic E-state index is 11.4. The van der Waals surface area contributed by atoms with Gasteiger partial charge in [0.05, 0.1) is 6.54 Å². The number of hydrogen-bond acceptors (Lipinski definition) is 2. The molecule has 0 saturated carbocycles. The molecule has 0 aliphatic heterocycles. The highest BCUT2D eigenvalue weighted by Gasteiger charge is 2.23. The molecule has 0 bridgehead atoms. The maximum atomic E-state index is 11.4. The van der Waals surface area contributed by atoms with Gasteiger partial charge in [-0.1, -0.05) is 36.4 Å². The molecule has 2 N–H and O–H groups in total. The molecule has 3 heteroatoms. The Kier molecular flexibility index (Phi) is 4.91. The van der Waals surface area contributed by atoms with Crippen molar-refractivity contribution in [3.05, 3.63) is 48.6 Å². The molecule has 0 spiro atoms. The normalized spacial score (nSPS) is 13.8. The Morgan fingerprint density at radius 3 is 2.71 bits per heavy atom. The standard InChI is InChI=1S/C14H19NO2/c1-3-4-10-13(16)15-11-14(2,17)12-8-6-5-7-9-12/h3,5-9,17H,1,4,10-11H2,2H3,(H,15,16)/t14-/m1/s1. The van der Waals surface area contributed by atoms with E-state index in [2.05, 4.69) is 11.9 Å². The average molecular weight is 233 g/mol. The van der Waals surface area contributed by atoms with Gasteiger partial charge in [-0.2, -0.15) is 0 Å². The molecule has 0 saturated heterocycles. The first kappa shape index (κ1) is 13.5. The summed E-state index contributed by atoms with van der Waals surface area (Å²) in [4.78, 5) is 11.4. The van der Waals surface area contributed by atoms with Gasteiger partial charge in [0.15, 0.2) is 0 Å². The summed E-state index contributed by atoms with van der Waals surface area (Å²) in [5.41, 5.74) is -0.241. The third-order valence-corrected chi connectivity index (χ3v) is 2.60. The van der Waals surface area contributed by atoms with Crippen LogP contribution in [0.2, 0.25) is 0 Å². The van der Waals surface area contributed by atoms with Gasteiger partial charge in [0.2, 0.25) is 5.91 Å². The number of amides is 1. The lowest BCUT2D eigenvalue weighted by Gasteiger charge is -2.24. The molecule has 0 unspecified atom stereocenters. The van der Waals surface area contributed by atoms with E-state index in [1.165, 1.54) is 0 Å². The van der Waals surface area contributed by atoms with Crippen molar-refractivity contribution >= 4 is 5.91 Å². The van der Waals surface area contributed by atoms with Gasteiger partial charge in [0.1, 0.15) is 5.60 Å². The second-order valence-electron chi connectivity index (χ2n) is 4.24. The Balaban J connectivity index is 2.50. The minimum atomic E-state index is -1.04. The van der Waals surface area contributed by atoms with Crippen LogP contribution in [0.1, 0.15) is 25.3 Å². The van der Waals surface area contributed by atoms with Crippen LogP contribution in [0.15, 0.2) is 43.0 Å². The predicted molar refractivity (Wildman–Crippen MR) is 68.5 cm³/mol. The maximum Gasteiger partial charge on any atom is 0.220 e. The second-order valence-corrected chi connectivity index (χ2v) is 4.24. The van der Waals surface area contributed by atoms with E-state index in [4.69, 9.17) is 0 Å². The van der Waals surface area contributed by atoms with Crippen molar-refractivity contribution in [1.82, 2.24) is 5.32 Å². The van der Waals surface area contributed by atoms with Crippen LogP contribution in [0.5, 0.6) is 0 Å². The Hall–Kier alpha value is -1.61. The van der Waals surface area contributed by atoms with Crippen molar-refractivity contribution in [2.45, 2.75) is 25.4 Å². The summed E-state index contributed by atoms with van der Waals surface area (Å²) in [5.74, 6) is -0.0684. The van der Waals surface area contributed by atoms with Crippen molar-refractivity contribution in [1.29, 1.82) is 0 Å². The summed E-state index contributed by atoms with van der Waals surface area (Å²) in [7, 11) is 0. The molecule has 0 radical (unpaired) electrons. The zero-order valence-electron chi connectivity index (χ0n) is 10.1. The first-order chi connectivity index (χ1) is 8.06. The lowest BCUT2D eigenvalue weighted by molar-refractivity contribution is -0.122. The van der Waals surface area contributed by atoms with Crippen LogP contribution in [0.4, 0.5) is 0 Å². The van der Waals surface area contributed by atoms with Gasteiger partial charge in [-0.25, -0.2) is 0 Å². The van der Waals surface area contributed by atoms with Crippen molar-refractivity contribution in [3.63, 3.8) is 0 Å². The first-order valence-electron chi connectivity index (χ1n) is 5.72. The van der Waals surface area contributed by atoms with Crippen molar-refractivity contribution in [2.24, 2.45) is 0 Å². The number of benzene rings is 1. The number of carbonyl (C=O) groups excluding carboxylic acids is 1. The SMILES string of the molecule is C=CCCC(=O)NC[C@@](C)(O)c1ccccc1. The van der Waals surface area contributed by atoms with E-state index < -0.39 is 5.60 Å². The molecule has 3 nitrogen and oxygen atoms in total. The van der Waals surface area contributed by atoms with E-state index in [1.54, 1.807) is 13.0 Å². The van der Waals surface area contributed by atoms with E-state index in [0.29, 0.717) is 12.8 Å². The van der Waals surface area contributed by atoms with Crippen molar-refractivity contribution in [3.8, 4) is 0 Å². The predicted octanol–water partition coefficient (Wildman–Crippen LogP) is 1.98. The number of rotatable bonds is 6. The largest absolute Gasteiger partial charge is 0.384 e. The zero-order valence-corrected chi connectivity index (χ0v) is 10.1. The molecule has 1 atom stereocenters. The fourth-order valence-electron chi connectivity index (χ4n) is 1.49. The van der Waals surface area contributed by atoms with Crippen molar-refractivity contribution < 1.29 is 9.90 Å². The molecule has 0 aliphatic rings. The van der Waals surface area contributed by atoms with Gasteiger partial charge in [-0.05, 0) is 18.9 Å². The van der Waals surface area contributed by atoms with Gasteiger partial charge in [-0.3, -0.25) is 4.79 Å². The molecule has 0 aromatic heterocycles. The summed E-state index contributed by atoms with van der Waals surface area (Å²) >= 11 is 0. The Morgan fingerprint density at radius 2 is 2.12 bits per heavy atom. The van der Waals surface area contributed by atoms with Crippen LogP contribution < -0.4 is 5.32 Å². The molecule has 1 aromatic rings. The lowest BCUT2D eigenvalue weighted by Crippen LogP contribution is -2.38. The number of allylic oxidation sites excluding steroid dienone is 1. The topological polar surface area (TPSA) is 49.3 Å². The highest BCUT2D eigenvalue weighted by atomic mass is 16.3. The van der Waals surface area contributed by atoms with Crippen LogP contribution >= 0.6 is 0 Å². The van der Waals surface area contributed by atoms with E-state index in [1.807, 2.05) is 30.3 Å². The molecule has 92 valence electrons. The average Bonchev–Trinajstić information content (AvgIpc) is 2.35. The van der Waals surface area contributed by atoms with Gasteiger partial charge in [-0.15, -0.1) is 6.58 Å². The quantitative estimate of drug-likeness (QED) is 0.738. The second kappa shape index (κ2) is 6.21. The molecule has 1 aromatic carbocycles. The fourth-order valence-corrected chi connectivity index (χ4v) is 1.49. The summed E-state index contributed by atoms with van der Waals surface area (Å²) < 4.78 is 0. The van der Waals surface area contributed by atoms with Gasteiger partial charge in [0.25, 0.3) is 0 Å². The third kappa shape index (κ3) is 4.41. The molecular formula is C14H19NO2. The molecule has 1 amide bonds. The van der Waals surface area contributed by atoms with Gasteiger partial charge >= 0.3 is 0 Å². The Morgan fingerprint density at radius 1 is 1.47 bits per heavy atom. The van der Waals surface area contributed by atoms with Crippen LogP contribution in [0.25, 0.3) is 0 Å². The third-order valence-electron chi connectivity index (χ3n) is 2.60. The summed E-state index contributed by atoms with van der Waals surface area (Å²) in [5, 5.41) is 12.9. The zero-order chi connectivity index (χ0) is 12.7. The summed E-state index contributed by atoms with van der Waals surface area (Å²) in [6.07, 6.45) is 2.77. The Labute approximate surface area is 102 Å². The highest BCUT2D eigenvalue weighted by molar-refractivity contribution is 5.76. The van der Waals surface area contributed by atoms with E-state index >= 15 is 0 Å². The summed E-state index contributed by atoms with van der Waals surface area (Å²) in [6, 6.07) is 9.31. The number of aliphatic hydroxyl groups is 1. The van der Waals surface area contributed by atoms with Crippen LogP contribution in [-0.2, 0) is 10.4 Å². The minimum Gasteiger partial charge on any atom is -0.384 e. The van der Waals surface area contributed by atoms with Gasteiger partial charge < -0.3 is 10.4 Å². The molecule has 0 aliphatic carbocycles. The molecule has 0 fully saturated rings. The van der Waals surface area contributed by atoms with E-state index in [9.17, 15) is 9.90 Å². The fraction of sp³-hybridized carbons (Fsp3) is 0.357. The smallest absolute Gasteiger partial charge is 0.220 e. The van der Waals surface area contributed by atoms with Crippen LogP contribution in [-0.4, -0.2) is 17.6 Å². The van der Waals surface area contributed by atoms with Gasteiger partial charge in [0, 0.05) is 6.42 Å².